The lowest BCUT2D eigenvalue weighted by atomic mass is 10.0. The molecule has 0 aliphatic carbocycles. The zero-order valence-corrected chi connectivity index (χ0v) is 11.4. The predicted molar refractivity (Wildman–Crippen MR) is 78.3 cm³/mol. The molecular formula is C16H21NO2. The average Bonchev–Trinajstić information content (AvgIpc) is 2.45. The van der Waals surface area contributed by atoms with Gasteiger partial charge in [-0.15, -0.1) is 0 Å². The summed E-state index contributed by atoms with van der Waals surface area (Å²) in [4.78, 5) is 0. The topological polar surface area (TPSA) is 52.5 Å². The fourth-order valence-electron chi connectivity index (χ4n) is 2.36. The molecule has 0 saturated heterocycles. The van der Waals surface area contributed by atoms with E-state index in [0.717, 1.165) is 22.8 Å². The molecule has 0 heterocycles. The molecule has 2 atom stereocenters. The van der Waals surface area contributed by atoms with Gasteiger partial charge in [-0.05, 0) is 18.7 Å². The van der Waals surface area contributed by atoms with Crippen LogP contribution in [-0.4, -0.2) is 22.9 Å². The van der Waals surface area contributed by atoms with Crippen LogP contribution in [-0.2, 0) is 0 Å². The Bertz CT molecular complexity index is 549. The van der Waals surface area contributed by atoms with Crippen molar-refractivity contribution in [2.45, 2.75) is 32.4 Å². The number of phenolic OH excluding ortho intramolecular Hbond substituents is 1. The third-order valence-electron chi connectivity index (χ3n) is 3.60. The molecule has 102 valence electrons. The number of rotatable bonds is 5. The number of nitrogens with one attached hydrogen (secondary N) is 1. The molecule has 2 aromatic carbocycles. The van der Waals surface area contributed by atoms with Crippen LogP contribution in [0.4, 0.5) is 0 Å². The van der Waals surface area contributed by atoms with Gasteiger partial charge in [0.1, 0.15) is 5.75 Å². The standard InChI is InChI=1S/C16H21NO2/c1-3-13(10-18)17-11(2)14-9-8-12-6-4-5-7-15(12)16(14)19/h4-9,11,13,17-19H,3,10H2,1-2H3/t11?,13-/m1/s1. The third-order valence-corrected chi connectivity index (χ3v) is 3.60. The molecule has 0 fully saturated rings. The largest absolute Gasteiger partial charge is 0.507 e. The summed E-state index contributed by atoms with van der Waals surface area (Å²) in [7, 11) is 0. The summed E-state index contributed by atoms with van der Waals surface area (Å²) < 4.78 is 0. The SMILES string of the molecule is CC[C@H](CO)NC(C)c1ccc2ccccc2c1O. The summed E-state index contributed by atoms with van der Waals surface area (Å²) >= 11 is 0. The van der Waals surface area contributed by atoms with Gasteiger partial charge in [-0.1, -0.05) is 43.3 Å². The van der Waals surface area contributed by atoms with Gasteiger partial charge in [-0.25, -0.2) is 0 Å². The number of benzene rings is 2. The number of hydrogen-bond acceptors (Lipinski definition) is 3. The van der Waals surface area contributed by atoms with E-state index in [0.29, 0.717) is 5.75 Å². The Hall–Kier alpha value is -1.58. The molecule has 0 spiro atoms. The molecule has 0 bridgehead atoms. The summed E-state index contributed by atoms with van der Waals surface area (Å²) in [6, 6.07) is 11.8. The first-order valence-corrected chi connectivity index (χ1v) is 6.74. The van der Waals surface area contributed by atoms with Crippen LogP contribution < -0.4 is 5.32 Å². The maximum Gasteiger partial charge on any atom is 0.128 e. The monoisotopic (exact) mass is 259 g/mol. The maximum absolute atomic E-state index is 10.4. The van der Waals surface area contributed by atoms with E-state index in [-0.39, 0.29) is 18.7 Å². The Morgan fingerprint density at radius 1 is 1.16 bits per heavy atom. The van der Waals surface area contributed by atoms with Crippen LogP contribution in [0.3, 0.4) is 0 Å². The lowest BCUT2D eigenvalue weighted by Crippen LogP contribution is -2.33. The Morgan fingerprint density at radius 3 is 2.58 bits per heavy atom. The first-order chi connectivity index (χ1) is 9.17. The summed E-state index contributed by atoms with van der Waals surface area (Å²) in [6.45, 7) is 4.14. The zero-order chi connectivity index (χ0) is 13.8. The van der Waals surface area contributed by atoms with Crippen LogP contribution in [0.5, 0.6) is 5.75 Å². The van der Waals surface area contributed by atoms with Crippen molar-refractivity contribution in [1.82, 2.24) is 5.32 Å². The first kappa shape index (κ1) is 13.8. The van der Waals surface area contributed by atoms with Crippen LogP contribution in [0.15, 0.2) is 36.4 Å². The zero-order valence-electron chi connectivity index (χ0n) is 11.4. The molecule has 0 amide bonds. The van der Waals surface area contributed by atoms with Crippen molar-refractivity contribution in [2.24, 2.45) is 0 Å². The van der Waals surface area contributed by atoms with Crippen molar-refractivity contribution >= 4 is 10.8 Å². The van der Waals surface area contributed by atoms with Crippen molar-refractivity contribution in [3.8, 4) is 5.75 Å². The minimum Gasteiger partial charge on any atom is -0.507 e. The van der Waals surface area contributed by atoms with Gasteiger partial charge in [0.2, 0.25) is 0 Å². The summed E-state index contributed by atoms with van der Waals surface area (Å²) in [5, 5.41) is 24.8. The average molecular weight is 259 g/mol. The fourth-order valence-corrected chi connectivity index (χ4v) is 2.36. The van der Waals surface area contributed by atoms with Gasteiger partial charge < -0.3 is 15.5 Å². The van der Waals surface area contributed by atoms with E-state index in [9.17, 15) is 10.2 Å². The molecule has 19 heavy (non-hydrogen) atoms. The van der Waals surface area contributed by atoms with Gasteiger partial charge in [0.15, 0.2) is 0 Å². The highest BCUT2D eigenvalue weighted by atomic mass is 16.3. The molecule has 3 N–H and O–H groups in total. The van der Waals surface area contributed by atoms with Crippen molar-refractivity contribution in [1.29, 1.82) is 0 Å². The second-order valence-corrected chi connectivity index (χ2v) is 4.90. The van der Waals surface area contributed by atoms with E-state index in [1.807, 2.05) is 50.2 Å². The molecule has 3 nitrogen and oxygen atoms in total. The molecule has 1 unspecified atom stereocenters. The van der Waals surface area contributed by atoms with Crippen LogP contribution >= 0.6 is 0 Å². The fraction of sp³-hybridized carbons (Fsp3) is 0.375. The summed E-state index contributed by atoms with van der Waals surface area (Å²) in [5.74, 6) is 0.325. The molecule has 3 heteroatoms. The molecule has 2 rings (SSSR count). The number of hydrogen-bond donors (Lipinski definition) is 3. The second-order valence-electron chi connectivity index (χ2n) is 4.90. The Labute approximate surface area is 113 Å². The Morgan fingerprint density at radius 2 is 1.89 bits per heavy atom. The van der Waals surface area contributed by atoms with E-state index in [2.05, 4.69) is 5.32 Å². The first-order valence-electron chi connectivity index (χ1n) is 6.74. The van der Waals surface area contributed by atoms with Gasteiger partial charge in [-0.3, -0.25) is 0 Å². The molecular weight excluding hydrogens is 238 g/mol. The van der Waals surface area contributed by atoms with Gasteiger partial charge in [-0.2, -0.15) is 0 Å². The number of aliphatic hydroxyl groups excluding tert-OH is 1. The van der Waals surface area contributed by atoms with Gasteiger partial charge in [0, 0.05) is 23.0 Å². The minimum absolute atomic E-state index is 0.00158. The van der Waals surface area contributed by atoms with Crippen molar-refractivity contribution in [2.75, 3.05) is 6.61 Å². The summed E-state index contributed by atoms with van der Waals surface area (Å²) in [5.41, 5.74) is 0.866. The molecule has 0 radical (unpaired) electrons. The Balaban J connectivity index is 2.32. The van der Waals surface area contributed by atoms with E-state index in [1.54, 1.807) is 0 Å². The lowest BCUT2D eigenvalue weighted by Gasteiger charge is -2.22. The smallest absolute Gasteiger partial charge is 0.128 e. The van der Waals surface area contributed by atoms with Gasteiger partial charge in [0.05, 0.1) is 6.61 Å². The quantitative estimate of drug-likeness (QED) is 0.773. The number of fused-ring (bicyclic) bond motifs is 1. The molecule has 0 aliphatic rings. The number of aromatic hydroxyl groups is 1. The highest BCUT2D eigenvalue weighted by Crippen LogP contribution is 2.32. The normalized spacial score (nSPS) is 14.5. The molecule has 0 saturated carbocycles. The van der Waals surface area contributed by atoms with E-state index in [1.165, 1.54) is 0 Å². The van der Waals surface area contributed by atoms with E-state index >= 15 is 0 Å². The van der Waals surface area contributed by atoms with Crippen LogP contribution in [0.2, 0.25) is 0 Å². The van der Waals surface area contributed by atoms with E-state index < -0.39 is 0 Å². The summed E-state index contributed by atoms with van der Waals surface area (Å²) in [6.07, 6.45) is 0.856. The van der Waals surface area contributed by atoms with Crippen LogP contribution in [0.1, 0.15) is 31.9 Å². The van der Waals surface area contributed by atoms with Crippen molar-refractivity contribution < 1.29 is 10.2 Å². The lowest BCUT2D eigenvalue weighted by molar-refractivity contribution is 0.229. The van der Waals surface area contributed by atoms with Crippen molar-refractivity contribution in [3.63, 3.8) is 0 Å². The van der Waals surface area contributed by atoms with E-state index in [4.69, 9.17) is 0 Å². The maximum atomic E-state index is 10.4. The van der Waals surface area contributed by atoms with Gasteiger partial charge >= 0.3 is 0 Å². The number of aliphatic hydroxyl groups is 1. The second kappa shape index (κ2) is 6.04. The van der Waals surface area contributed by atoms with Crippen LogP contribution in [0.25, 0.3) is 10.8 Å². The highest BCUT2D eigenvalue weighted by molar-refractivity contribution is 5.89. The molecule has 2 aromatic rings. The number of phenols is 1. The third kappa shape index (κ3) is 2.88. The molecule has 0 aromatic heterocycles. The minimum atomic E-state index is 0.00158. The predicted octanol–water partition coefficient (Wildman–Crippen LogP) is 2.97. The van der Waals surface area contributed by atoms with Crippen molar-refractivity contribution in [3.05, 3.63) is 42.0 Å². The van der Waals surface area contributed by atoms with Crippen LogP contribution in [0, 0.1) is 0 Å². The van der Waals surface area contributed by atoms with Gasteiger partial charge in [0.25, 0.3) is 0 Å². The Kier molecular flexibility index (Phi) is 4.40. The molecule has 0 aliphatic heterocycles. The highest BCUT2D eigenvalue weighted by Gasteiger charge is 2.15.